The van der Waals surface area contributed by atoms with Gasteiger partial charge in [0.05, 0.1) is 11.4 Å². The topological polar surface area (TPSA) is 125 Å². The highest BCUT2D eigenvalue weighted by Gasteiger charge is 2.27. The molecular weight excluding hydrogens is 624 g/mol. The Balaban J connectivity index is 1.23. The minimum Gasteiger partial charge on any atom is -0.486 e. The van der Waals surface area contributed by atoms with Crippen LogP contribution in [0.1, 0.15) is 68.8 Å². The number of amides is 2. The van der Waals surface area contributed by atoms with Gasteiger partial charge in [0.2, 0.25) is 0 Å². The second-order valence-electron chi connectivity index (χ2n) is 11.6. The first-order valence-corrected chi connectivity index (χ1v) is 15.5. The second kappa shape index (κ2) is 12.4. The van der Waals surface area contributed by atoms with Crippen LogP contribution in [0.3, 0.4) is 0 Å². The lowest BCUT2D eigenvalue weighted by atomic mass is 9.78. The smallest absolute Gasteiger partial charge is 0.291 e. The summed E-state index contributed by atoms with van der Waals surface area (Å²) >= 11 is 0.823. The SMILES string of the molecule is Cc1nn(C)cc1-c1cc(C(F)F)nc2sc(C(N)=O)c(NC(=O)c3ccc(COc4ccc(C(C)(C)c5ccccc5)cc4)o3)c12. The van der Waals surface area contributed by atoms with E-state index in [1.165, 1.54) is 17.7 Å². The van der Waals surface area contributed by atoms with Gasteiger partial charge in [0.1, 0.15) is 33.5 Å². The number of fused-ring (bicyclic) bond motifs is 1. The van der Waals surface area contributed by atoms with E-state index < -0.39 is 23.9 Å². The Hall–Kier alpha value is -5.36. The van der Waals surface area contributed by atoms with Gasteiger partial charge in [-0.3, -0.25) is 14.3 Å². The summed E-state index contributed by atoms with van der Waals surface area (Å²) < 4.78 is 40.9. The fourth-order valence-corrected chi connectivity index (χ4v) is 6.51. The normalized spacial score (nSPS) is 11.7. The monoisotopic (exact) mass is 655 g/mol. The predicted molar refractivity (Wildman–Crippen MR) is 176 cm³/mol. The van der Waals surface area contributed by atoms with Gasteiger partial charge in [-0.05, 0) is 53.9 Å². The maximum absolute atomic E-state index is 13.8. The molecule has 0 aliphatic rings. The van der Waals surface area contributed by atoms with Crippen LogP contribution in [0.4, 0.5) is 14.5 Å². The molecule has 0 saturated heterocycles. The molecule has 12 heteroatoms. The van der Waals surface area contributed by atoms with Crippen LogP contribution < -0.4 is 15.8 Å². The summed E-state index contributed by atoms with van der Waals surface area (Å²) in [5.41, 5.74) is 8.83. The number of anilines is 1. The van der Waals surface area contributed by atoms with E-state index in [0.717, 1.165) is 16.9 Å². The third-order valence-corrected chi connectivity index (χ3v) is 9.11. The molecule has 0 atom stereocenters. The van der Waals surface area contributed by atoms with Gasteiger partial charge in [-0.2, -0.15) is 5.10 Å². The van der Waals surface area contributed by atoms with E-state index in [-0.39, 0.29) is 33.2 Å². The summed E-state index contributed by atoms with van der Waals surface area (Å²) in [6.07, 6.45) is -1.20. The van der Waals surface area contributed by atoms with Gasteiger partial charge in [0, 0.05) is 29.6 Å². The zero-order chi connectivity index (χ0) is 33.5. The third-order valence-electron chi connectivity index (χ3n) is 8.01. The number of carbonyl (C=O) groups is 2. The van der Waals surface area contributed by atoms with E-state index in [1.54, 1.807) is 30.9 Å². The third kappa shape index (κ3) is 6.24. The highest BCUT2D eigenvalue weighted by molar-refractivity contribution is 7.21. The first kappa shape index (κ1) is 31.6. The number of furan rings is 1. The molecule has 0 saturated carbocycles. The molecule has 240 valence electrons. The Bertz CT molecular complexity index is 2100. The molecule has 0 bridgehead atoms. The van der Waals surface area contributed by atoms with Crippen LogP contribution in [0.5, 0.6) is 5.75 Å². The Kier molecular flexibility index (Phi) is 8.37. The Morgan fingerprint density at radius 2 is 1.74 bits per heavy atom. The van der Waals surface area contributed by atoms with E-state index in [2.05, 4.69) is 41.4 Å². The number of alkyl halides is 2. The first-order valence-electron chi connectivity index (χ1n) is 14.7. The number of thiophene rings is 1. The first-order chi connectivity index (χ1) is 22.4. The van der Waals surface area contributed by atoms with Crippen LogP contribution in [-0.4, -0.2) is 26.6 Å². The molecule has 6 aromatic rings. The zero-order valence-corrected chi connectivity index (χ0v) is 26.8. The molecule has 0 aliphatic heterocycles. The summed E-state index contributed by atoms with van der Waals surface area (Å²) in [6.45, 7) is 6.12. The minimum absolute atomic E-state index is 0.0379. The molecule has 2 amide bonds. The van der Waals surface area contributed by atoms with Crippen molar-refractivity contribution in [1.82, 2.24) is 14.8 Å². The number of carbonyl (C=O) groups excluding carboxylic acids is 2. The van der Waals surface area contributed by atoms with Crippen LogP contribution in [0.15, 0.2) is 83.4 Å². The molecule has 9 nitrogen and oxygen atoms in total. The van der Waals surface area contributed by atoms with Crippen molar-refractivity contribution in [3.8, 4) is 16.9 Å². The summed E-state index contributed by atoms with van der Waals surface area (Å²) in [4.78, 5) is 30.0. The molecule has 47 heavy (non-hydrogen) atoms. The number of nitrogens with zero attached hydrogens (tertiary/aromatic N) is 3. The fourth-order valence-electron chi connectivity index (χ4n) is 5.49. The molecule has 0 fully saturated rings. The fraction of sp³-hybridized carbons (Fsp3) is 0.200. The van der Waals surface area contributed by atoms with Gasteiger partial charge >= 0.3 is 0 Å². The number of nitrogens with one attached hydrogen (secondary N) is 1. The Morgan fingerprint density at radius 1 is 1.04 bits per heavy atom. The average molecular weight is 656 g/mol. The standard InChI is InChI=1S/C35H31F2N5O4S/c1-19-25(17-42(4)41-19)24-16-26(31(36)37)39-34-28(24)29(30(47-34)32(38)43)40-33(44)27-15-14-23(46-27)18-45-22-12-10-21(11-13-22)35(2,3)20-8-6-5-7-9-20/h5-17,31H,18H2,1-4H3,(H2,38,43)(H,40,44). The van der Waals surface area contributed by atoms with Crippen molar-refractivity contribution in [2.24, 2.45) is 12.8 Å². The van der Waals surface area contributed by atoms with Gasteiger partial charge < -0.3 is 20.2 Å². The van der Waals surface area contributed by atoms with Gasteiger partial charge in [0.15, 0.2) is 5.76 Å². The van der Waals surface area contributed by atoms with Crippen molar-refractivity contribution in [3.63, 3.8) is 0 Å². The molecule has 4 heterocycles. The highest BCUT2D eigenvalue weighted by atomic mass is 32.1. The minimum atomic E-state index is -2.87. The van der Waals surface area contributed by atoms with Crippen molar-refractivity contribution in [1.29, 1.82) is 0 Å². The number of nitrogens with two attached hydrogens (primary N) is 1. The Morgan fingerprint density at radius 3 is 2.38 bits per heavy atom. The van der Waals surface area contributed by atoms with Crippen LogP contribution in [0.25, 0.3) is 21.3 Å². The molecule has 2 aromatic carbocycles. The van der Waals surface area contributed by atoms with Gasteiger partial charge in [-0.15, -0.1) is 11.3 Å². The van der Waals surface area contributed by atoms with Crippen LogP contribution in [0.2, 0.25) is 0 Å². The van der Waals surface area contributed by atoms with E-state index in [0.29, 0.717) is 33.7 Å². The van der Waals surface area contributed by atoms with Gasteiger partial charge in [-0.25, -0.2) is 13.8 Å². The molecule has 3 N–H and O–H groups in total. The molecule has 0 radical (unpaired) electrons. The lowest BCUT2D eigenvalue weighted by Crippen LogP contribution is -2.18. The van der Waals surface area contributed by atoms with Crippen molar-refractivity contribution < 1.29 is 27.5 Å². The summed E-state index contributed by atoms with van der Waals surface area (Å²) in [5.74, 6) is -0.538. The number of benzene rings is 2. The number of aromatic nitrogens is 3. The number of pyridine rings is 1. The van der Waals surface area contributed by atoms with Crippen molar-refractivity contribution in [2.75, 3.05) is 5.32 Å². The Labute approximate surface area is 273 Å². The molecule has 6 rings (SSSR count). The maximum Gasteiger partial charge on any atom is 0.291 e. The number of ether oxygens (including phenoxy) is 1. The highest BCUT2D eigenvalue weighted by Crippen LogP contribution is 2.43. The average Bonchev–Trinajstić information content (AvgIpc) is 3.77. The molecule has 0 spiro atoms. The quantitative estimate of drug-likeness (QED) is 0.155. The van der Waals surface area contributed by atoms with Crippen LogP contribution in [-0.2, 0) is 19.1 Å². The maximum atomic E-state index is 13.8. The van der Waals surface area contributed by atoms with Crippen LogP contribution in [0, 0.1) is 6.92 Å². The summed E-state index contributed by atoms with van der Waals surface area (Å²) in [7, 11) is 1.70. The lowest BCUT2D eigenvalue weighted by molar-refractivity contribution is 0.0992. The van der Waals surface area contributed by atoms with Crippen molar-refractivity contribution in [3.05, 3.63) is 118 Å². The van der Waals surface area contributed by atoms with Crippen LogP contribution >= 0.6 is 11.3 Å². The number of halogens is 2. The molecule has 4 aromatic heterocycles. The summed E-state index contributed by atoms with van der Waals surface area (Å²) in [6, 6.07) is 22.4. The van der Waals surface area contributed by atoms with E-state index in [9.17, 15) is 18.4 Å². The number of rotatable bonds is 10. The second-order valence-corrected chi connectivity index (χ2v) is 12.6. The molecule has 0 aliphatic carbocycles. The summed E-state index contributed by atoms with van der Waals surface area (Å²) in [5, 5.41) is 7.34. The predicted octanol–water partition coefficient (Wildman–Crippen LogP) is 7.79. The number of aryl methyl sites for hydroxylation is 2. The van der Waals surface area contributed by atoms with E-state index >= 15 is 0 Å². The van der Waals surface area contributed by atoms with Gasteiger partial charge in [0.25, 0.3) is 18.2 Å². The molecular formula is C35H31F2N5O4S. The van der Waals surface area contributed by atoms with Crippen molar-refractivity contribution in [2.45, 2.75) is 39.2 Å². The number of primary amides is 1. The van der Waals surface area contributed by atoms with Gasteiger partial charge in [-0.1, -0.05) is 56.3 Å². The molecule has 0 unspecified atom stereocenters. The zero-order valence-electron chi connectivity index (χ0n) is 26.0. The number of hydrogen-bond donors (Lipinski definition) is 2. The van der Waals surface area contributed by atoms with E-state index in [1.807, 2.05) is 42.5 Å². The van der Waals surface area contributed by atoms with E-state index in [4.69, 9.17) is 14.9 Å². The lowest BCUT2D eigenvalue weighted by Gasteiger charge is -2.26. The van der Waals surface area contributed by atoms with Crippen molar-refractivity contribution >= 4 is 39.1 Å². The largest absolute Gasteiger partial charge is 0.486 e. The number of hydrogen-bond acceptors (Lipinski definition) is 7.